The van der Waals surface area contributed by atoms with E-state index in [0.29, 0.717) is 5.92 Å². The lowest BCUT2D eigenvalue weighted by molar-refractivity contribution is 0.205. The van der Waals surface area contributed by atoms with E-state index in [4.69, 9.17) is 5.11 Å². The molecule has 0 heterocycles. The lowest BCUT2D eigenvalue weighted by atomic mass is 10.0. The van der Waals surface area contributed by atoms with Crippen LogP contribution in [0.25, 0.3) is 0 Å². The van der Waals surface area contributed by atoms with Crippen LogP contribution in [0.5, 0.6) is 0 Å². The third kappa shape index (κ3) is 6.71. The molecule has 0 aromatic heterocycles. The number of hydrogen-bond donors (Lipinski definition) is 3. The molecule has 0 aliphatic rings. The first-order chi connectivity index (χ1) is 6.45. The summed E-state index contributed by atoms with van der Waals surface area (Å²) in [6, 6.07) is -0.234. The molecule has 2 amide bonds. The van der Waals surface area contributed by atoms with Gasteiger partial charge in [0.15, 0.2) is 0 Å². The van der Waals surface area contributed by atoms with Crippen LogP contribution in [0.4, 0.5) is 4.79 Å². The molecule has 0 radical (unpaired) electrons. The second kappa shape index (κ2) is 6.65. The van der Waals surface area contributed by atoms with Crippen molar-refractivity contribution in [3.05, 3.63) is 0 Å². The maximum Gasteiger partial charge on any atom is 0.315 e. The van der Waals surface area contributed by atoms with E-state index >= 15 is 0 Å². The minimum absolute atomic E-state index is 0.0102. The molecule has 4 nitrogen and oxygen atoms in total. The number of urea groups is 1. The van der Waals surface area contributed by atoms with Crippen molar-refractivity contribution in [3.8, 4) is 0 Å². The van der Waals surface area contributed by atoms with Gasteiger partial charge in [-0.2, -0.15) is 0 Å². The van der Waals surface area contributed by atoms with Crippen LogP contribution >= 0.6 is 0 Å². The van der Waals surface area contributed by atoms with Gasteiger partial charge in [-0.25, -0.2) is 4.79 Å². The van der Waals surface area contributed by atoms with Gasteiger partial charge in [0.25, 0.3) is 0 Å². The van der Waals surface area contributed by atoms with Crippen molar-refractivity contribution in [1.82, 2.24) is 10.6 Å². The molecule has 0 aliphatic carbocycles. The van der Waals surface area contributed by atoms with Crippen LogP contribution in [0.15, 0.2) is 0 Å². The van der Waals surface area contributed by atoms with Crippen molar-refractivity contribution >= 4 is 6.03 Å². The first-order valence-electron chi connectivity index (χ1n) is 5.13. The maximum absolute atomic E-state index is 11.3. The maximum atomic E-state index is 11.3. The average molecular weight is 202 g/mol. The Hall–Kier alpha value is -0.770. The molecule has 0 aliphatic heterocycles. The molecule has 4 heteroatoms. The molecular weight excluding hydrogens is 180 g/mol. The molecule has 0 saturated heterocycles. The normalized spacial score (nSPS) is 13.1. The summed E-state index contributed by atoms with van der Waals surface area (Å²) in [5.41, 5.74) is 0. The Morgan fingerprint density at radius 3 is 2.14 bits per heavy atom. The number of carbonyl (C=O) groups excluding carboxylic acids is 1. The van der Waals surface area contributed by atoms with Gasteiger partial charge in [-0.3, -0.25) is 0 Å². The largest absolute Gasteiger partial charge is 0.394 e. The summed E-state index contributed by atoms with van der Waals surface area (Å²) in [5, 5.41) is 14.5. The second-order valence-corrected chi connectivity index (χ2v) is 4.28. The van der Waals surface area contributed by atoms with Gasteiger partial charge in [0.2, 0.25) is 0 Å². The van der Waals surface area contributed by atoms with Crippen LogP contribution < -0.4 is 10.6 Å². The Labute approximate surface area is 86.1 Å². The highest BCUT2D eigenvalue weighted by Crippen LogP contribution is 2.03. The molecule has 0 rings (SSSR count). The van der Waals surface area contributed by atoms with E-state index in [0.717, 1.165) is 6.42 Å². The van der Waals surface area contributed by atoms with Crippen LogP contribution in [0.1, 0.15) is 34.1 Å². The van der Waals surface area contributed by atoms with E-state index in [2.05, 4.69) is 24.5 Å². The van der Waals surface area contributed by atoms with E-state index in [1.807, 2.05) is 13.8 Å². The zero-order valence-corrected chi connectivity index (χ0v) is 9.50. The van der Waals surface area contributed by atoms with Crippen LogP contribution in [-0.4, -0.2) is 29.8 Å². The van der Waals surface area contributed by atoms with Gasteiger partial charge < -0.3 is 15.7 Å². The summed E-state index contributed by atoms with van der Waals surface area (Å²) >= 11 is 0. The van der Waals surface area contributed by atoms with Crippen molar-refractivity contribution in [2.45, 2.75) is 46.2 Å². The van der Waals surface area contributed by atoms with Crippen molar-refractivity contribution < 1.29 is 9.90 Å². The molecule has 0 aromatic carbocycles. The summed E-state index contributed by atoms with van der Waals surface area (Å²) in [6.45, 7) is 7.91. The molecule has 84 valence electrons. The topological polar surface area (TPSA) is 61.4 Å². The number of aliphatic hydroxyl groups is 1. The Bertz CT molecular complexity index is 170. The zero-order chi connectivity index (χ0) is 11.1. The van der Waals surface area contributed by atoms with E-state index in [9.17, 15) is 4.79 Å². The third-order valence-electron chi connectivity index (χ3n) is 1.73. The van der Waals surface area contributed by atoms with Crippen molar-refractivity contribution in [2.24, 2.45) is 5.92 Å². The Morgan fingerprint density at radius 1 is 1.21 bits per heavy atom. The SMILES string of the molecule is CC(C)CC(CO)NC(=O)NC(C)C. The smallest absolute Gasteiger partial charge is 0.315 e. The molecule has 0 saturated carbocycles. The molecule has 1 atom stereocenters. The summed E-state index contributed by atoms with van der Waals surface area (Å²) < 4.78 is 0. The van der Waals surface area contributed by atoms with E-state index in [1.54, 1.807) is 0 Å². The highest BCUT2D eigenvalue weighted by atomic mass is 16.3. The van der Waals surface area contributed by atoms with E-state index < -0.39 is 0 Å². The van der Waals surface area contributed by atoms with Gasteiger partial charge in [-0.05, 0) is 26.2 Å². The minimum Gasteiger partial charge on any atom is -0.394 e. The molecular formula is C10H22N2O2. The number of aliphatic hydroxyl groups excluding tert-OH is 1. The van der Waals surface area contributed by atoms with Crippen LogP contribution in [0.3, 0.4) is 0 Å². The third-order valence-corrected chi connectivity index (χ3v) is 1.73. The monoisotopic (exact) mass is 202 g/mol. The average Bonchev–Trinajstić information content (AvgIpc) is 2.00. The number of rotatable bonds is 5. The zero-order valence-electron chi connectivity index (χ0n) is 9.50. The predicted octanol–water partition coefficient (Wildman–Crippen LogP) is 1.10. The van der Waals surface area contributed by atoms with Gasteiger partial charge in [-0.1, -0.05) is 13.8 Å². The number of carbonyl (C=O) groups is 1. The standard InChI is InChI=1S/C10H22N2O2/c1-7(2)5-9(6-13)12-10(14)11-8(3)4/h7-9,13H,5-6H2,1-4H3,(H2,11,12,14). The molecule has 1 unspecified atom stereocenters. The fourth-order valence-corrected chi connectivity index (χ4v) is 1.24. The fourth-order valence-electron chi connectivity index (χ4n) is 1.24. The van der Waals surface area contributed by atoms with E-state index in [-0.39, 0.29) is 24.7 Å². The molecule has 0 aromatic rings. The van der Waals surface area contributed by atoms with Gasteiger partial charge >= 0.3 is 6.03 Å². The first-order valence-corrected chi connectivity index (χ1v) is 5.13. The van der Waals surface area contributed by atoms with Gasteiger partial charge in [0.05, 0.1) is 12.6 Å². The molecule has 0 fully saturated rings. The first kappa shape index (κ1) is 13.2. The number of hydrogen-bond acceptors (Lipinski definition) is 2. The van der Waals surface area contributed by atoms with Crippen LogP contribution in [-0.2, 0) is 0 Å². The minimum atomic E-state index is -0.209. The second-order valence-electron chi connectivity index (χ2n) is 4.28. The summed E-state index contributed by atoms with van der Waals surface area (Å²) in [4.78, 5) is 11.3. The highest BCUT2D eigenvalue weighted by molar-refractivity contribution is 5.74. The van der Waals surface area contributed by atoms with Crippen molar-refractivity contribution in [2.75, 3.05) is 6.61 Å². The Balaban J connectivity index is 3.86. The summed E-state index contributed by atoms with van der Waals surface area (Å²) in [7, 11) is 0. The summed E-state index contributed by atoms with van der Waals surface area (Å²) in [5.74, 6) is 0.464. The summed E-state index contributed by atoms with van der Waals surface area (Å²) in [6.07, 6.45) is 0.794. The van der Waals surface area contributed by atoms with Gasteiger partial charge in [0.1, 0.15) is 0 Å². The Kier molecular flexibility index (Phi) is 6.28. The van der Waals surface area contributed by atoms with Crippen molar-refractivity contribution in [1.29, 1.82) is 0 Å². The number of amides is 2. The predicted molar refractivity (Wildman–Crippen MR) is 57.1 cm³/mol. The van der Waals surface area contributed by atoms with Gasteiger partial charge in [0, 0.05) is 6.04 Å². The van der Waals surface area contributed by atoms with E-state index in [1.165, 1.54) is 0 Å². The molecule has 0 spiro atoms. The number of nitrogens with one attached hydrogen (secondary N) is 2. The molecule has 14 heavy (non-hydrogen) atoms. The molecule has 0 bridgehead atoms. The Morgan fingerprint density at radius 2 is 1.79 bits per heavy atom. The fraction of sp³-hybridized carbons (Fsp3) is 0.900. The highest BCUT2D eigenvalue weighted by Gasteiger charge is 2.12. The quantitative estimate of drug-likeness (QED) is 0.625. The van der Waals surface area contributed by atoms with Gasteiger partial charge in [-0.15, -0.1) is 0 Å². The molecule has 3 N–H and O–H groups in total. The van der Waals surface area contributed by atoms with Crippen LogP contribution in [0, 0.1) is 5.92 Å². The lowest BCUT2D eigenvalue weighted by Gasteiger charge is -2.19. The van der Waals surface area contributed by atoms with Crippen molar-refractivity contribution in [3.63, 3.8) is 0 Å². The lowest BCUT2D eigenvalue weighted by Crippen LogP contribution is -2.46. The van der Waals surface area contributed by atoms with Crippen LogP contribution in [0.2, 0.25) is 0 Å².